The van der Waals surface area contributed by atoms with Gasteiger partial charge in [0.15, 0.2) is 0 Å². The zero-order chi connectivity index (χ0) is 11.4. The summed E-state index contributed by atoms with van der Waals surface area (Å²) in [5.74, 6) is 0.307. The quantitative estimate of drug-likeness (QED) is 0.829. The van der Waals surface area contributed by atoms with Crippen LogP contribution in [0.2, 0.25) is 0 Å². The summed E-state index contributed by atoms with van der Waals surface area (Å²) in [6.07, 6.45) is 3.93. The zero-order valence-electron chi connectivity index (χ0n) is 9.45. The average molecular weight is 239 g/mol. The molecule has 1 atom stereocenters. The van der Waals surface area contributed by atoms with Gasteiger partial charge in [-0.05, 0) is 26.3 Å². The largest absolute Gasteiger partial charge is 0.351 e. The second-order valence-corrected chi connectivity index (χ2v) is 5.43. The van der Waals surface area contributed by atoms with Gasteiger partial charge in [0, 0.05) is 17.6 Å². The minimum atomic E-state index is 0.141. The topological polar surface area (TPSA) is 54.0 Å². The normalized spacial score (nSPS) is 20.7. The van der Waals surface area contributed by atoms with Crippen LogP contribution in [-0.2, 0) is 11.3 Å². The van der Waals surface area contributed by atoms with E-state index < -0.39 is 0 Å². The maximum atomic E-state index is 11.8. The van der Waals surface area contributed by atoms with Gasteiger partial charge in [-0.1, -0.05) is 0 Å². The van der Waals surface area contributed by atoms with E-state index in [0.29, 0.717) is 6.54 Å². The molecule has 5 heteroatoms. The molecule has 1 fully saturated rings. The average Bonchev–Trinajstić information content (AvgIpc) is 2.73. The summed E-state index contributed by atoms with van der Waals surface area (Å²) in [6.45, 7) is 4.44. The standard InChI is InChI=1S/C11H17N3OS/c1-8-13-6-10(16-8)7-14-11(15)9-3-2-4-12-5-9/h6,9,12H,2-5,7H2,1H3,(H,14,15)/t9-/m0/s1. The Hall–Kier alpha value is -0.940. The minimum absolute atomic E-state index is 0.141. The van der Waals surface area contributed by atoms with E-state index in [1.54, 1.807) is 11.3 Å². The van der Waals surface area contributed by atoms with Crippen molar-refractivity contribution in [3.8, 4) is 0 Å². The van der Waals surface area contributed by atoms with Crippen molar-refractivity contribution >= 4 is 17.2 Å². The molecule has 1 saturated heterocycles. The highest BCUT2D eigenvalue weighted by Gasteiger charge is 2.20. The molecule has 1 aromatic rings. The Morgan fingerprint density at radius 2 is 2.62 bits per heavy atom. The van der Waals surface area contributed by atoms with Gasteiger partial charge in [0.05, 0.1) is 17.5 Å². The number of piperidine rings is 1. The smallest absolute Gasteiger partial charge is 0.224 e. The van der Waals surface area contributed by atoms with E-state index in [-0.39, 0.29) is 11.8 Å². The van der Waals surface area contributed by atoms with Crippen LogP contribution in [0.25, 0.3) is 0 Å². The van der Waals surface area contributed by atoms with Gasteiger partial charge in [-0.2, -0.15) is 0 Å². The van der Waals surface area contributed by atoms with Gasteiger partial charge in [0.1, 0.15) is 0 Å². The number of nitrogens with one attached hydrogen (secondary N) is 2. The Labute approximate surface area is 99.5 Å². The van der Waals surface area contributed by atoms with Crippen LogP contribution in [0.4, 0.5) is 0 Å². The molecule has 0 bridgehead atoms. The van der Waals surface area contributed by atoms with Gasteiger partial charge in [-0.3, -0.25) is 4.79 Å². The molecule has 1 aliphatic rings. The van der Waals surface area contributed by atoms with Crippen LogP contribution >= 0.6 is 11.3 Å². The fraction of sp³-hybridized carbons (Fsp3) is 0.636. The predicted molar refractivity (Wildman–Crippen MR) is 64.3 cm³/mol. The van der Waals surface area contributed by atoms with Gasteiger partial charge < -0.3 is 10.6 Å². The van der Waals surface area contributed by atoms with Crippen molar-refractivity contribution in [3.05, 3.63) is 16.1 Å². The Kier molecular flexibility index (Phi) is 3.90. The van der Waals surface area contributed by atoms with E-state index in [2.05, 4.69) is 15.6 Å². The van der Waals surface area contributed by atoms with E-state index in [1.165, 1.54) is 0 Å². The van der Waals surface area contributed by atoms with Crippen LogP contribution in [0.15, 0.2) is 6.20 Å². The van der Waals surface area contributed by atoms with Gasteiger partial charge in [0.2, 0.25) is 5.91 Å². The molecule has 2 heterocycles. The molecule has 0 aliphatic carbocycles. The molecular formula is C11H17N3OS. The summed E-state index contributed by atoms with van der Waals surface area (Å²) in [4.78, 5) is 17.1. The molecule has 88 valence electrons. The summed E-state index contributed by atoms with van der Waals surface area (Å²) in [5, 5.41) is 7.27. The van der Waals surface area contributed by atoms with Crippen molar-refractivity contribution in [1.29, 1.82) is 0 Å². The van der Waals surface area contributed by atoms with Crippen LogP contribution < -0.4 is 10.6 Å². The maximum absolute atomic E-state index is 11.8. The number of carbonyl (C=O) groups excluding carboxylic acids is 1. The number of thiazole rings is 1. The number of nitrogens with zero attached hydrogens (tertiary/aromatic N) is 1. The fourth-order valence-corrected chi connectivity index (χ4v) is 2.62. The molecule has 1 amide bonds. The van der Waals surface area contributed by atoms with Crippen molar-refractivity contribution in [2.45, 2.75) is 26.3 Å². The summed E-state index contributed by atoms with van der Waals surface area (Å²) >= 11 is 1.63. The number of amides is 1. The Balaban J connectivity index is 1.78. The summed E-state index contributed by atoms with van der Waals surface area (Å²) in [6, 6.07) is 0. The highest BCUT2D eigenvalue weighted by molar-refractivity contribution is 7.11. The van der Waals surface area contributed by atoms with Gasteiger partial charge in [-0.15, -0.1) is 11.3 Å². The monoisotopic (exact) mass is 239 g/mol. The Morgan fingerprint density at radius 3 is 3.25 bits per heavy atom. The molecule has 4 nitrogen and oxygen atoms in total. The van der Waals surface area contributed by atoms with Crippen molar-refractivity contribution in [2.75, 3.05) is 13.1 Å². The molecule has 0 aromatic carbocycles. The van der Waals surface area contributed by atoms with Crippen LogP contribution in [0, 0.1) is 12.8 Å². The third-order valence-electron chi connectivity index (χ3n) is 2.77. The number of aryl methyl sites for hydroxylation is 1. The first-order chi connectivity index (χ1) is 7.75. The first-order valence-electron chi connectivity index (χ1n) is 5.65. The Morgan fingerprint density at radius 1 is 1.75 bits per heavy atom. The SMILES string of the molecule is Cc1ncc(CNC(=O)[C@H]2CCCNC2)s1. The lowest BCUT2D eigenvalue weighted by molar-refractivity contribution is -0.125. The van der Waals surface area contributed by atoms with E-state index in [4.69, 9.17) is 0 Å². The van der Waals surface area contributed by atoms with E-state index >= 15 is 0 Å². The number of rotatable bonds is 3. The van der Waals surface area contributed by atoms with Gasteiger partial charge >= 0.3 is 0 Å². The molecule has 0 saturated carbocycles. The fourth-order valence-electron chi connectivity index (χ4n) is 1.88. The van der Waals surface area contributed by atoms with Crippen LogP contribution in [0.5, 0.6) is 0 Å². The number of hydrogen-bond donors (Lipinski definition) is 2. The van der Waals surface area contributed by atoms with Crippen molar-refractivity contribution in [2.24, 2.45) is 5.92 Å². The molecule has 2 rings (SSSR count). The highest BCUT2D eigenvalue weighted by Crippen LogP contribution is 2.13. The molecule has 0 unspecified atom stereocenters. The third kappa shape index (κ3) is 3.02. The van der Waals surface area contributed by atoms with E-state index in [9.17, 15) is 4.79 Å². The summed E-state index contributed by atoms with van der Waals surface area (Å²) in [5.41, 5.74) is 0. The van der Waals surface area contributed by atoms with Gasteiger partial charge in [-0.25, -0.2) is 4.98 Å². The third-order valence-corrected chi connectivity index (χ3v) is 3.69. The lowest BCUT2D eigenvalue weighted by Gasteiger charge is -2.21. The molecule has 0 radical (unpaired) electrons. The molecule has 0 spiro atoms. The first kappa shape index (κ1) is 11.5. The minimum Gasteiger partial charge on any atom is -0.351 e. The van der Waals surface area contributed by atoms with E-state index in [1.807, 2.05) is 13.1 Å². The number of carbonyl (C=O) groups is 1. The summed E-state index contributed by atoms with van der Waals surface area (Å²) in [7, 11) is 0. The zero-order valence-corrected chi connectivity index (χ0v) is 10.3. The van der Waals surface area contributed by atoms with Crippen LogP contribution in [-0.4, -0.2) is 24.0 Å². The highest BCUT2D eigenvalue weighted by atomic mass is 32.1. The predicted octanol–water partition coefficient (Wildman–Crippen LogP) is 1.07. The second-order valence-electron chi connectivity index (χ2n) is 4.11. The van der Waals surface area contributed by atoms with E-state index in [0.717, 1.165) is 35.8 Å². The lowest BCUT2D eigenvalue weighted by atomic mass is 9.99. The summed E-state index contributed by atoms with van der Waals surface area (Å²) < 4.78 is 0. The molecule has 2 N–H and O–H groups in total. The molecular weight excluding hydrogens is 222 g/mol. The molecule has 16 heavy (non-hydrogen) atoms. The number of aromatic nitrogens is 1. The van der Waals surface area contributed by atoms with Gasteiger partial charge in [0.25, 0.3) is 0 Å². The first-order valence-corrected chi connectivity index (χ1v) is 6.47. The van der Waals surface area contributed by atoms with Crippen molar-refractivity contribution in [3.63, 3.8) is 0 Å². The Bertz CT molecular complexity index is 358. The second kappa shape index (κ2) is 5.41. The van der Waals surface area contributed by atoms with Crippen LogP contribution in [0.3, 0.4) is 0 Å². The van der Waals surface area contributed by atoms with Crippen LogP contribution in [0.1, 0.15) is 22.7 Å². The lowest BCUT2D eigenvalue weighted by Crippen LogP contribution is -2.40. The van der Waals surface area contributed by atoms with Crippen molar-refractivity contribution < 1.29 is 4.79 Å². The molecule has 1 aromatic heterocycles. The maximum Gasteiger partial charge on any atom is 0.224 e. The molecule has 1 aliphatic heterocycles. The van der Waals surface area contributed by atoms with Crippen molar-refractivity contribution in [1.82, 2.24) is 15.6 Å². The number of hydrogen-bond acceptors (Lipinski definition) is 4.